The Bertz CT molecular complexity index is 368. The fourth-order valence-electron chi connectivity index (χ4n) is 3.08. The van der Waals surface area contributed by atoms with Crippen molar-refractivity contribution in [1.29, 1.82) is 0 Å². The van der Waals surface area contributed by atoms with Crippen molar-refractivity contribution in [3.05, 3.63) is 35.9 Å². The summed E-state index contributed by atoms with van der Waals surface area (Å²) in [7, 11) is 1.70. The standard InChI is InChI=1S/C16H25NO2/c1-19-12-11-17-13-16(18)10-6-5-9-15(16)14-7-3-2-4-8-14/h2-4,7-8,15,17-18H,5-6,9-13H2,1H3. The summed E-state index contributed by atoms with van der Waals surface area (Å²) in [4.78, 5) is 0. The minimum atomic E-state index is -0.618. The fourth-order valence-corrected chi connectivity index (χ4v) is 3.08. The fraction of sp³-hybridized carbons (Fsp3) is 0.625. The van der Waals surface area contributed by atoms with Crippen molar-refractivity contribution in [2.45, 2.75) is 37.2 Å². The number of rotatable bonds is 6. The first-order valence-electron chi connectivity index (χ1n) is 7.23. The van der Waals surface area contributed by atoms with Crippen LogP contribution in [-0.4, -0.2) is 37.5 Å². The molecule has 2 atom stereocenters. The highest BCUT2D eigenvalue weighted by molar-refractivity contribution is 5.24. The average Bonchev–Trinajstić information content (AvgIpc) is 2.45. The molecule has 0 aromatic heterocycles. The molecule has 2 unspecified atom stereocenters. The van der Waals surface area contributed by atoms with Crippen LogP contribution in [0.3, 0.4) is 0 Å². The average molecular weight is 263 g/mol. The van der Waals surface area contributed by atoms with Crippen molar-refractivity contribution < 1.29 is 9.84 Å². The van der Waals surface area contributed by atoms with Crippen molar-refractivity contribution in [1.82, 2.24) is 5.32 Å². The molecule has 2 rings (SSSR count). The number of hydrogen-bond donors (Lipinski definition) is 2. The molecule has 1 aliphatic rings. The van der Waals surface area contributed by atoms with E-state index in [2.05, 4.69) is 29.6 Å². The number of hydrogen-bond acceptors (Lipinski definition) is 3. The van der Waals surface area contributed by atoms with E-state index in [1.807, 2.05) is 6.07 Å². The van der Waals surface area contributed by atoms with Crippen molar-refractivity contribution in [3.63, 3.8) is 0 Å². The molecule has 1 saturated carbocycles. The molecular formula is C16H25NO2. The molecule has 0 aliphatic heterocycles. The van der Waals surface area contributed by atoms with Gasteiger partial charge in [-0.2, -0.15) is 0 Å². The Morgan fingerprint density at radius 2 is 2.11 bits per heavy atom. The third-order valence-electron chi connectivity index (χ3n) is 4.12. The number of benzene rings is 1. The van der Waals surface area contributed by atoms with Crippen LogP contribution in [0, 0.1) is 0 Å². The number of aliphatic hydroxyl groups is 1. The van der Waals surface area contributed by atoms with Crippen molar-refractivity contribution >= 4 is 0 Å². The van der Waals surface area contributed by atoms with E-state index in [1.54, 1.807) is 7.11 Å². The Morgan fingerprint density at radius 3 is 2.84 bits per heavy atom. The lowest BCUT2D eigenvalue weighted by Gasteiger charge is -2.40. The van der Waals surface area contributed by atoms with E-state index in [0.29, 0.717) is 13.2 Å². The molecule has 1 aliphatic carbocycles. The van der Waals surface area contributed by atoms with Crippen molar-refractivity contribution in [3.8, 4) is 0 Å². The Hall–Kier alpha value is -0.900. The molecule has 0 saturated heterocycles. The van der Waals surface area contributed by atoms with Gasteiger partial charge >= 0.3 is 0 Å². The lowest BCUT2D eigenvalue weighted by atomic mass is 9.72. The molecule has 0 radical (unpaired) electrons. The van der Waals surface area contributed by atoms with Crippen LogP contribution in [0.25, 0.3) is 0 Å². The first-order valence-corrected chi connectivity index (χ1v) is 7.23. The first kappa shape index (κ1) is 14.5. The van der Waals surface area contributed by atoms with Gasteiger partial charge in [-0.05, 0) is 18.4 Å². The van der Waals surface area contributed by atoms with Gasteiger partial charge in [0.1, 0.15) is 0 Å². The predicted molar refractivity (Wildman–Crippen MR) is 77.3 cm³/mol. The third-order valence-corrected chi connectivity index (χ3v) is 4.12. The molecular weight excluding hydrogens is 238 g/mol. The maximum absolute atomic E-state index is 11.0. The lowest BCUT2D eigenvalue weighted by molar-refractivity contribution is -0.0166. The second-order valence-corrected chi connectivity index (χ2v) is 5.48. The largest absolute Gasteiger partial charge is 0.388 e. The molecule has 1 aromatic rings. The molecule has 0 heterocycles. The lowest BCUT2D eigenvalue weighted by Crippen LogP contribution is -2.48. The van der Waals surface area contributed by atoms with Gasteiger partial charge in [-0.3, -0.25) is 0 Å². The van der Waals surface area contributed by atoms with Crippen LogP contribution in [0.5, 0.6) is 0 Å². The molecule has 1 fully saturated rings. The highest BCUT2D eigenvalue weighted by Crippen LogP contribution is 2.40. The van der Waals surface area contributed by atoms with Crippen LogP contribution in [0.4, 0.5) is 0 Å². The molecule has 106 valence electrons. The predicted octanol–water partition coefficient (Wildman–Crippen LogP) is 2.31. The van der Waals surface area contributed by atoms with Crippen LogP contribution in [0.2, 0.25) is 0 Å². The van der Waals surface area contributed by atoms with Crippen LogP contribution < -0.4 is 5.32 Å². The second-order valence-electron chi connectivity index (χ2n) is 5.48. The summed E-state index contributed by atoms with van der Waals surface area (Å²) in [6.45, 7) is 2.13. The van der Waals surface area contributed by atoms with Crippen LogP contribution >= 0.6 is 0 Å². The van der Waals surface area contributed by atoms with Crippen LogP contribution in [-0.2, 0) is 4.74 Å². The third kappa shape index (κ3) is 3.78. The molecule has 0 bridgehead atoms. The van der Waals surface area contributed by atoms with Crippen LogP contribution in [0.1, 0.15) is 37.2 Å². The summed E-state index contributed by atoms with van der Waals surface area (Å²) < 4.78 is 5.03. The Labute approximate surface area is 116 Å². The maximum atomic E-state index is 11.0. The molecule has 1 aromatic carbocycles. The van der Waals surface area contributed by atoms with E-state index in [9.17, 15) is 5.11 Å². The molecule has 0 amide bonds. The van der Waals surface area contributed by atoms with E-state index in [0.717, 1.165) is 25.8 Å². The van der Waals surface area contributed by atoms with E-state index < -0.39 is 5.60 Å². The van der Waals surface area contributed by atoms with Gasteiger partial charge < -0.3 is 15.2 Å². The minimum absolute atomic E-state index is 0.248. The normalized spacial score (nSPS) is 27.4. The smallest absolute Gasteiger partial charge is 0.0839 e. The van der Waals surface area contributed by atoms with Crippen molar-refractivity contribution in [2.24, 2.45) is 0 Å². The number of ether oxygens (including phenoxy) is 1. The monoisotopic (exact) mass is 263 g/mol. The first-order chi connectivity index (χ1) is 9.26. The Kier molecular flexibility index (Phi) is 5.37. The van der Waals surface area contributed by atoms with E-state index in [4.69, 9.17) is 4.74 Å². The summed E-state index contributed by atoms with van der Waals surface area (Å²) in [5, 5.41) is 14.3. The minimum Gasteiger partial charge on any atom is -0.388 e. The van der Waals surface area contributed by atoms with Gasteiger partial charge in [-0.1, -0.05) is 43.2 Å². The number of methoxy groups -OCH3 is 1. The summed E-state index contributed by atoms with van der Waals surface area (Å²) in [5.41, 5.74) is 0.645. The maximum Gasteiger partial charge on any atom is 0.0839 e. The van der Waals surface area contributed by atoms with Gasteiger partial charge in [-0.15, -0.1) is 0 Å². The topological polar surface area (TPSA) is 41.5 Å². The van der Waals surface area contributed by atoms with Crippen LogP contribution in [0.15, 0.2) is 30.3 Å². The van der Waals surface area contributed by atoms with Crippen molar-refractivity contribution in [2.75, 3.05) is 26.8 Å². The highest BCUT2D eigenvalue weighted by atomic mass is 16.5. The summed E-state index contributed by atoms with van der Waals surface area (Å²) >= 11 is 0. The van der Waals surface area contributed by atoms with E-state index in [1.165, 1.54) is 12.0 Å². The molecule has 3 nitrogen and oxygen atoms in total. The Morgan fingerprint density at radius 1 is 1.32 bits per heavy atom. The molecule has 0 spiro atoms. The zero-order chi connectivity index (χ0) is 13.6. The molecule has 19 heavy (non-hydrogen) atoms. The summed E-state index contributed by atoms with van der Waals surface area (Å²) in [6, 6.07) is 10.4. The summed E-state index contributed by atoms with van der Waals surface area (Å²) in [5.74, 6) is 0.248. The van der Waals surface area contributed by atoms with Gasteiger partial charge in [-0.25, -0.2) is 0 Å². The second kappa shape index (κ2) is 7.04. The molecule has 3 heteroatoms. The van der Waals surface area contributed by atoms with Gasteiger partial charge in [0.25, 0.3) is 0 Å². The van der Waals surface area contributed by atoms with E-state index in [-0.39, 0.29) is 5.92 Å². The zero-order valence-electron chi connectivity index (χ0n) is 11.8. The number of nitrogens with one attached hydrogen (secondary N) is 1. The molecule has 2 N–H and O–H groups in total. The highest BCUT2D eigenvalue weighted by Gasteiger charge is 2.39. The Balaban J connectivity index is 2.02. The zero-order valence-corrected chi connectivity index (χ0v) is 11.8. The SMILES string of the molecule is COCCNCC1(O)CCCCC1c1ccccc1. The summed E-state index contributed by atoms with van der Waals surface area (Å²) in [6.07, 6.45) is 4.28. The van der Waals surface area contributed by atoms with Gasteiger partial charge in [0, 0.05) is 26.1 Å². The quantitative estimate of drug-likeness (QED) is 0.774. The van der Waals surface area contributed by atoms with E-state index >= 15 is 0 Å². The van der Waals surface area contributed by atoms with Gasteiger partial charge in [0.15, 0.2) is 0 Å². The van der Waals surface area contributed by atoms with Gasteiger partial charge in [0.2, 0.25) is 0 Å². The van der Waals surface area contributed by atoms with Gasteiger partial charge in [0.05, 0.1) is 12.2 Å².